The van der Waals surface area contributed by atoms with Crippen molar-refractivity contribution in [3.05, 3.63) is 60.0 Å². The predicted molar refractivity (Wildman–Crippen MR) is 141 cm³/mol. The molecule has 0 spiro atoms. The fraction of sp³-hybridized carbons (Fsp3) is 0.517. The molecule has 2 heterocycles. The third-order valence-corrected chi connectivity index (χ3v) is 10.6. The summed E-state index contributed by atoms with van der Waals surface area (Å²) in [4.78, 5) is 20.9. The molecule has 196 valence electrons. The first-order valence-electron chi connectivity index (χ1n) is 13.3. The Balaban J connectivity index is 1.32. The van der Waals surface area contributed by atoms with Gasteiger partial charge >= 0.3 is 0 Å². The molecule has 0 unspecified atom stereocenters. The highest BCUT2D eigenvalue weighted by atomic mass is 32.2. The van der Waals surface area contributed by atoms with Gasteiger partial charge in [-0.15, -0.1) is 0 Å². The van der Waals surface area contributed by atoms with E-state index in [4.69, 9.17) is 4.42 Å². The monoisotopic (exact) mass is 521 g/mol. The van der Waals surface area contributed by atoms with Crippen LogP contribution in [-0.4, -0.2) is 47.1 Å². The Bertz CT molecular complexity index is 1420. The van der Waals surface area contributed by atoms with Crippen LogP contribution in [0, 0.1) is 24.2 Å². The summed E-state index contributed by atoms with van der Waals surface area (Å²) >= 11 is 0. The van der Waals surface area contributed by atoms with Crippen LogP contribution in [0.15, 0.2) is 58.2 Å². The lowest BCUT2D eigenvalue weighted by Gasteiger charge is -2.42. The lowest BCUT2D eigenvalue weighted by molar-refractivity contribution is -0.139. The zero-order valence-corrected chi connectivity index (χ0v) is 22.6. The Kier molecular flexibility index (Phi) is 5.95. The van der Waals surface area contributed by atoms with Crippen molar-refractivity contribution in [2.24, 2.45) is 17.3 Å². The number of hydrogen-bond acceptors (Lipinski definition) is 5. The molecule has 0 bridgehead atoms. The number of rotatable bonds is 6. The normalized spacial score (nSPS) is 25.8. The van der Waals surface area contributed by atoms with Crippen LogP contribution in [-0.2, 0) is 21.4 Å². The second-order valence-electron chi connectivity index (χ2n) is 12.0. The van der Waals surface area contributed by atoms with E-state index in [-0.39, 0.29) is 34.1 Å². The van der Waals surface area contributed by atoms with E-state index in [9.17, 15) is 13.2 Å². The van der Waals surface area contributed by atoms with Crippen molar-refractivity contribution in [2.45, 2.75) is 76.4 Å². The predicted octanol–water partition coefficient (Wildman–Crippen LogP) is 5.14. The first kappa shape index (κ1) is 24.6. The lowest BCUT2D eigenvalue weighted by Crippen LogP contribution is -2.53. The quantitative estimate of drug-likeness (QED) is 0.448. The number of piperidine rings is 1. The van der Waals surface area contributed by atoms with E-state index in [0.717, 1.165) is 48.7 Å². The van der Waals surface area contributed by atoms with Crippen LogP contribution in [0.25, 0.3) is 11.1 Å². The number of amides is 1. The van der Waals surface area contributed by atoms with Crippen LogP contribution >= 0.6 is 0 Å². The molecule has 3 fully saturated rings. The number of carbonyl (C=O) groups is 1. The molecule has 0 N–H and O–H groups in total. The van der Waals surface area contributed by atoms with Gasteiger partial charge in [0.15, 0.2) is 12.0 Å². The maximum absolute atomic E-state index is 14.4. The minimum Gasteiger partial charge on any atom is -0.443 e. The molecular formula is C29H35N3O4S. The number of aromatic nitrogens is 1. The number of hydrogen-bond donors (Lipinski definition) is 0. The standard InChI is InChI=1S/C29H35N3O4S/c1-19-4-7-23(8-5-19)37(34,35)32-17-21-15-24(21)27(32)28(33)31(22-10-12-29(2,3)13-11-22)16-20-6-9-26-25(14-20)30-18-36-26/h4-9,14,18,21-22,24,27H,10-13,15-17H2,1-3H3/t21-,24-,27-/m1/s1. The molecule has 2 aliphatic carbocycles. The molecule has 3 aromatic rings. The minimum absolute atomic E-state index is 0.0503. The fourth-order valence-electron chi connectivity index (χ4n) is 6.28. The van der Waals surface area contributed by atoms with Gasteiger partial charge in [0.05, 0.1) is 4.90 Å². The molecule has 8 heteroatoms. The number of sulfonamides is 1. The first-order valence-corrected chi connectivity index (χ1v) is 14.8. The highest BCUT2D eigenvalue weighted by Crippen LogP contribution is 2.52. The topological polar surface area (TPSA) is 83.7 Å². The molecule has 37 heavy (non-hydrogen) atoms. The van der Waals surface area contributed by atoms with E-state index in [1.807, 2.05) is 42.2 Å². The van der Waals surface area contributed by atoms with Gasteiger partial charge in [-0.1, -0.05) is 37.6 Å². The van der Waals surface area contributed by atoms with Crippen molar-refractivity contribution >= 4 is 27.0 Å². The summed E-state index contributed by atoms with van der Waals surface area (Å²) in [7, 11) is -3.77. The van der Waals surface area contributed by atoms with Crippen molar-refractivity contribution in [3.63, 3.8) is 0 Å². The van der Waals surface area contributed by atoms with Gasteiger partial charge in [0, 0.05) is 19.1 Å². The largest absolute Gasteiger partial charge is 0.443 e. The number of fused-ring (bicyclic) bond motifs is 2. The van der Waals surface area contributed by atoms with Gasteiger partial charge < -0.3 is 9.32 Å². The average molecular weight is 522 g/mol. The third-order valence-electron chi connectivity index (χ3n) is 8.77. The van der Waals surface area contributed by atoms with E-state index in [1.165, 1.54) is 10.7 Å². The minimum atomic E-state index is -3.77. The number of aryl methyl sites for hydroxylation is 1. The van der Waals surface area contributed by atoms with Crippen LogP contribution in [0.4, 0.5) is 0 Å². The molecule has 1 saturated heterocycles. The highest BCUT2D eigenvalue weighted by Gasteiger charge is 2.60. The average Bonchev–Trinajstić information content (AvgIpc) is 3.29. The summed E-state index contributed by atoms with van der Waals surface area (Å²) in [5.41, 5.74) is 3.74. The van der Waals surface area contributed by atoms with Crippen molar-refractivity contribution in [3.8, 4) is 0 Å². The summed E-state index contributed by atoms with van der Waals surface area (Å²) in [5.74, 6) is 0.326. The lowest BCUT2D eigenvalue weighted by atomic mass is 9.75. The highest BCUT2D eigenvalue weighted by molar-refractivity contribution is 7.89. The summed E-state index contributed by atoms with van der Waals surface area (Å²) < 4.78 is 34.3. The van der Waals surface area contributed by atoms with Gasteiger partial charge in [-0.05, 0) is 86.1 Å². The van der Waals surface area contributed by atoms with E-state index >= 15 is 0 Å². The van der Waals surface area contributed by atoms with Gasteiger partial charge in [-0.3, -0.25) is 4.79 Å². The van der Waals surface area contributed by atoms with E-state index in [1.54, 1.807) is 12.1 Å². The van der Waals surface area contributed by atoms with Gasteiger partial charge in [-0.2, -0.15) is 4.31 Å². The Labute approximate surface area is 218 Å². The fourth-order valence-corrected chi connectivity index (χ4v) is 7.96. The maximum atomic E-state index is 14.4. The molecule has 7 nitrogen and oxygen atoms in total. The summed E-state index contributed by atoms with van der Waals surface area (Å²) in [5, 5.41) is 0. The number of nitrogens with zero attached hydrogens (tertiary/aromatic N) is 3. The molecule has 1 aromatic heterocycles. The van der Waals surface area contributed by atoms with E-state index in [0.29, 0.717) is 18.7 Å². The molecule has 3 aliphatic rings. The molecule has 2 saturated carbocycles. The first-order chi connectivity index (χ1) is 17.6. The van der Waals surface area contributed by atoms with E-state index in [2.05, 4.69) is 18.8 Å². The van der Waals surface area contributed by atoms with Gasteiger partial charge in [-0.25, -0.2) is 13.4 Å². The smallest absolute Gasteiger partial charge is 0.243 e. The van der Waals surface area contributed by atoms with Crippen LogP contribution in [0.1, 0.15) is 57.1 Å². The van der Waals surface area contributed by atoms with Gasteiger partial charge in [0.25, 0.3) is 0 Å². The second kappa shape index (κ2) is 8.95. The zero-order chi connectivity index (χ0) is 25.9. The van der Waals surface area contributed by atoms with E-state index < -0.39 is 16.1 Å². The number of carbonyl (C=O) groups excluding carboxylic acids is 1. The Morgan fingerprint density at radius 3 is 2.59 bits per heavy atom. The molecule has 6 rings (SSSR count). The van der Waals surface area contributed by atoms with Crippen molar-refractivity contribution in [1.82, 2.24) is 14.2 Å². The van der Waals surface area contributed by atoms with Crippen LogP contribution in [0.3, 0.4) is 0 Å². The van der Waals surface area contributed by atoms with Crippen molar-refractivity contribution in [2.75, 3.05) is 6.54 Å². The summed E-state index contributed by atoms with van der Waals surface area (Å²) in [6, 6.07) is 12.3. The Morgan fingerprint density at radius 1 is 1.14 bits per heavy atom. The van der Waals surface area contributed by atoms with Crippen LogP contribution < -0.4 is 0 Å². The third kappa shape index (κ3) is 4.59. The van der Waals surface area contributed by atoms with Crippen molar-refractivity contribution in [1.29, 1.82) is 0 Å². The zero-order valence-electron chi connectivity index (χ0n) is 21.8. The second-order valence-corrected chi connectivity index (χ2v) is 13.9. The number of benzene rings is 2. The Morgan fingerprint density at radius 2 is 1.86 bits per heavy atom. The molecule has 2 aromatic carbocycles. The SMILES string of the molecule is Cc1ccc(S(=O)(=O)N2C[C@H]3C[C@H]3[C@@H]2C(=O)N(Cc2ccc3ocnc3c2)C2CCC(C)(C)CC2)cc1. The number of oxazole rings is 1. The molecular weight excluding hydrogens is 486 g/mol. The van der Waals surface area contributed by atoms with Crippen LogP contribution in [0.2, 0.25) is 0 Å². The van der Waals surface area contributed by atoms with Gasteiger partial charge in [0.1, 0.15) is 11.6 Å². The molecule has 1 amide bonds. The summed E-state index contributed by atoms with van der Waals surface area (Å²) in [6.07, 6.45) is 6.30. The van der Waals surface area contributed by atoms with Gasteiger partial charge in [0.2, 0.25) is 15.9 Å². The molecule has 0 radical (unpaired) electrons. The summed E-state index contributed by atoms with van der Waals surface area (Å²) in [6.45, 7) is 7.38. The van der Waals surface area contributed by atoms with Crippen molar-refractivity contribution < 1.29 is 17.6 Å². The molecule has 1 aliphatic heterocycles. The maximum Gasteiger partial charge on any atom is 0.243 e. The van der Waals surface area contributed by atoms with Crippen LogP contribution in [0.5, 0.6) is 0 Å². The Hall–Kier alpha value is -2.71. The molecule has 3 atom stereocenters.